The van der Waals surface area contributed by atoms with Gasteiger partial charge in [0.1, 0.15) is 0 Å². The van der Waals surface area contributed by atoms with Crippen molar-refractivity contribution in [2.75, 3.05) is 5.73 Å². The van der Waals surface area contributed by atoms with Gasteiger partial charge in [-0.25, -0.2) is 0 Å². The summed E-state index contributed by atoms with van der Waals surface area (Å²) in [6.07, 6.45) is 1.39. The van der Waals surface area contributed by atoms with Crippen molar-refractivity contribution in [2.24, 2.45) is 0 Å². The van der Waals surface area contributed by atoms with Gasteiger partial charge in [0.25, 0.3) is 0 Å². The second-order valence-electron chi connectivity index (χ2n) is 3.30. The highest BCUT2D eigenvalue weighted by Crippen LogP contribution is 2.19. The number of hydrogen-bond donors (Lipinski definition) is 1. The van der Waals surface area contributed by atoms with Crippen molar-refractivity contribution >= 4 is 5.69 Å². The Labute approximate surface area is 79.0 Å². The molecule has 0 aliphatic heterocycles. The molecule has 0 amide bonds. The van der Waals surface area contributed by atoms with Crippen LogP contribution >= 0.6 is 0 Å². The Morgan fingerprint density at radius 3 is 2.31 bits per heavy atom. The zero-order chi connectivity index (χ0) is 9.84. The monoisotopic (exact) mass is 174 g/mol. The van der Waals surface area contributed by atoms with Crippen molar-refractivity contribution in [3.63, 3.8) is 0 Å². The minimum Gasteiger partial charge on any atom is -0.398 e. The minimum absolute atomic E-state index is 0.572. The normalized spacial score (nSPS) is 9.62. The zero-order valence-corrected chi connectivity index (χ0v) is 8.09. The molecule has 0 bridgehead atoms. The van der Waals surface area contributed by atoms with E-state index in [1.807, 2.05) is 13.8 Å². The summed E-state index contributed by atoms with van der Waals surface area (Å²) in [4.78, 5) is 0. The molecule has 0 heterocycles. The quantitative estimate of drug-likeness (QED) is 0.699. The van der Waals surface area contributed by atoms with Gasteiger partial charge in [-0.15, -0.1) is 0 Å². The number of benzene rings is 1. The fraction of sp³-hybridized carbons (Fsp3) is 0.364. The van der Waals surface area contributed by atoms with E-state index in [0.717, 1.165) is 23.2 Å². The maximum Gasteiger partial charge on any atom is 0.0625 e. The number of anilines is 1. The highest BCUT2D eigenvalue weighted by atomic mass is 14.6. The first kappa shape index (κ1) is 9.60. The van der Waals surface area contributed by atoms with E-state index in [2.05, 4.69) is 18.2 Å². The largest absolute Gasteiger partial charge is 0.398 e. The summed E-state index contributed by atoms with van der Waals surface area (Å²) >= 11 is 0. The van der Waals surface area contributed by atoms with Crippen LogP contribution in [0.2, 0.25) is 0 Å². The molecule has 1 aromatic carbocycles. The van der Waals surface area contributed by atoms with Gasteiger partial charge in [-0.3, -0.25) is 0 Å². The molecular formula is C11H14N2. The molecule has 2 N–H and O–H groups in total. The van der Waals surface area contributed by atoms with Crippen LogP contribution in [-0.2, 0) is 6.42 Å². The predicted molar refractivity (Wildman–Crippen MR) is 54.3 cm³/mol. The highest BCUT2D eigenvalue weighted by Gasteiger charge is 2.00. The molecule has 0 atom stereocenters. The third-order valence-corrected chi connectivity index (χ3v) is 2.18. The Kier molecular flexibility index (Phi) is 2.92. The summed E-state index contributed by atoms with van der Waals surface area (Å²) in [6, 6.07) is 6.25. The number of hydrogen-bond acceptors (Lipinski definition) is 2. The van der Waals surface area contributed by atoms with Gasteiger partial charge in [0, 0.05) is 12.1 Å². The number of aryl methyl sites for hydroxylation is 3. The van der Waals surface area contributed by atoms with Gasteiger partial charge in [0.05, 0.1) is 6.07 Å². The number of nitrogens with two attached hydrogens (primary N) is 1. The van der Waals surface area contributed by atoms with Crippen molar-refractivity contribution in [3.05, 3.63) is 28.8 Å². The van der Waals surface area contributed by atoms with Crippen LogP contribution in [0.5, 0.6) is 0 Å². The van der Waals surface area contributed by atoms with Gasteiger partial charge in [-0.2, -0.15) is 5.26 Å². The maximum atomic E-state index is 8.45. The molecule has 0 saturated carbocycles. The van der Waals surface area contributed by atoms with Crippen molar-refractivity contribution in [2.45, 2.75) is 26.7 Å². The maximum absolute atomic E-state index is 8.45. The lowest BCUT2D eigenvalue weighted by molar-refractivity contribution is 1.00. The summed E-state index contributed by atoms with van der Waals surface area (Å²) in [7, 11) is 0. The Morgan fingerprint density at radius 2 is 1.85 bits per heavy atom. The van der Waals surface area contributed by atoms with Crippen LogP contribution in [0.25, 0.3) is 0 Å². The smallest absolute Gasteiger partial charge is 0.0625 e. The van der Waals surface area contributed by atoms with Gasteiger partial charge in [-0.1, -0.05) is 12.1 Å². The van der Waals surface area contributed by atoms with Crippen LogP contribution in [0, 0.1) is 25.2 Å². The average Bonchev–Trinajstić information content (AvgIpc) is 2.10. The van der Waals surface area contributed by atoms with E-state index in [4.69, 9.17) is 11.0 Å². The highest BCUT2D eigenvalue weighted by molar-refractivity contribution is 5.54. The summed E-state index contributed by atoms with van der Waals surface area (Å²) in [5.74, 6) is 0. The molecule has 2 nitrogen and oxygen atoms in total. The summed E-state index contributed by atoms with van der Waals surface area (Å²) < 4.78 is 0. The molecule has 13 heavy (non-hydrogen) atoms. The summed E-state index contributed by atoms with van der Waals surface area (Å²) in [5, 5.41) is 8.45. The Bertz CT molecular complexity index is 325. The van der Waals surface area contributed by atoms with Crippen LogP contribution in [-0.4, -0.2) is 0 Å². The second kappa shape index (κ2) is 3.95. The molecule has 0 spiro atoms. The van der Waals surface area contributed by atoms with Crippen LogP contribution < -0.4 is 5.73 Å². The van der Waals surface area contributed by atoms with Gasteiger partial charge >= 0.3 is 0 Å². The molecule has 0 aliphatic rings. The van der Waals surface area contributed by atoms with Gasteiger partial charge in [-0.05, 0) is 37.0 Å². The molecular weight excluding hydrogens is 160 g/mol. The number of nitrogens with zero attached hydrogens (tertiary/aromatic N) is 1. The van der Waals surface area contributed by atoms with E-state index in [9.17, 15) is 0 Å². The Balaban J connectivity index is 2.94. The lowest BCUT2D eigenvalue weighted by Crippen LogP contribution is -1.96. The number of nitriles is 1. The SMILES string of the molecule is Cc1cc(CCC#N)cc(C)c1N. The standard InChI is InChI=1S/C11H14N2/c1-8-6-10(4-3-5-12)7-9(2)11(8)13/h6-7H,3-4,13H2,1-2H3. The molecule has 0 aromatic heterocycles. The summed E-state index contributed by atoms with van der Waals surface area (Å²) in [6.45, 7) is 4.00. The first-order valence-corrected chi connectivity index (χ1v) is 4.37. The fourth-order valence-electron chi connectivity index (χ4n) is 1.41. The van der Waals surface area contributed by atoms with E-state index in [0.29, 0.717) is 6.42 Å². The van der Waals surface area contributed by atoms with Crippen molar-refractivity contribution in [1.82, 2.24) is 0 Å². The van der Waals surface area contributed by atoms with Crippen LogP contribution in [0.15, 0.2) is 12.1 Å². The Hall–Kier alpha value is -1.49. The van der Waals surface area contributed by atoms with Crippen molar-refractivity contribution in [1.29, 1.82) is 5.26 Å². The fourth-order valence-corrected chi connectivity index (χ4v) is 1.41. The van der Waals surface area contributed by atoms with E-state index in [1.165, 1.54) is 5.56 Å². The average molecular weight is 174 g/mol. The van der Waals surface area contributed by atoms with Crippen LogP contribution in [0.4, 0.5) is 5.69 Å². The van der Waals surface area contributed by atoms with Crippen LogP contribution in [0.1, 0.15) is 23.1 Å². The molecule has 0 saturated heterocycles. The molecule has 1 rings (SSSR count). The van der Waals surface area contributed by atoms with Gasteiger partial charge in [0.2, 0.25) is 0 Å². The third kappa shape index (κ3) is 2.22. The van der Waals surface area contributed by atoms with E-state index >= 15 is 0 Å². The molecule has 0 unspecified atom stereocenters. The molecule has 0 aliphatic carbocycles. The Morgan fingerprint density at radius 1 is 1.31 bits per heavy atom. The predicted octanol–water partition coefficient (Wildman–Crippen LogP) is 2.34. The molecule has 68 valence electrons. The van der Waals surface area contributed by atoms with Gasteiger partial charge < -0.3 is 5.73 Å². The van der Waals surface area contributed by atoms with E-state index in [-0.39, 0.29) is 0 Å². The zero-order valence-electron chi connectivity index (χ0n) is 8.09. The topological polar surface area (TPSA) is 49.8 Å². The lowest BCUT2D eigenvalue weighted by Gasteiger charge is -2.07. The van der Waals surface area contributed by atoms with E-state index < -0.39 is 0 Å². The molecule has 0 radical (unpaired) electrons. The van der Waals surface area contributed by atoms with Crippen LogP contribution in [0.3, 0.4) is 0 Å². The number of rotatable bonds is 2. The van der Waals surface area contributed by atoms with Gasteiger partial charge in [0.15, 0.2) is 0 Å². The lowest BCUT2D eigenvalue weighted by atomic mass is 10.0. The summed E-state index contributed by atoms with van der Waals surface area (Å²) in [5.41, 5.74) is 10.1. The first-order chi connectivity index (χ1) is 6.15. The molecule has 2 heteroatoms. The molecule has 1 aromatic rings. The third-order valence-electron chi connectivity index (χ3n) is 2.18. The minimum atomic E-state index is 0.572. The first-order valence-electron chi connectivity index (χ1n) is 4.37. The number of nitrogen functional groups attached to an aromatic ring is 1. The van der Waals surface area contributed by atoms with Crippen molar-refractivity contribution < 1.29 is 0 Å². The van der Waals surface area contributed by atoms with E-state index in [1.54, 1.807) is 0 Å². The van der Waals surface area contributed by atoms with Crippen molar-refractivity contribution in [3.8, 4) is 6.07 Å². The molecule has 0 fully saturated rings. The second-order valence-corrected chi connectivity index (χ2v) is 3.30.